The molecule has 6 nitrogen and oxygen atoms in total. The van der Waals surface area contributed by atoms with Gasteiger partial charge in [0.05, 0.1) is 22.1 Å². The molecule has 0 bridgehead atoms. The van der Waals surface area contributed by atoms with E-state index >= 15 is 0 Å². The fraction of sp³-hybridized carbons (Fsp3) is 0.267. The van der Waals surface area contributed by atoms with E-state index < -0.39 is 0 Å². The zero-order valence-corrected chi connectivity index (χ0v) is 14.6. The molecule has 1 N–H and O–H groups in total. The van der Waals surface area contributed by atoms with Crippen LogP contribution in [0.5, 0.6) is 5.75 Å². The van der Waals surface area contributed by atoms with Gasteiger partial charge >= 0.3 is 0 Å². The lowest BCUT2D eigenvalue weighted by Gasteiger charge is -2.09. The molecule has 0 aliphatic heterocycles. The molecule has 0 saturated heterocycles. The number of aromatic nitrogens is 2. The summed E-state index contributed by atoms with van der Waals surface area (Å²) in [6.45, 7) is 2.31. The van der Waals surface area contributed by atoms with Gasteiger partial charge in [-0.15, -0.1) is 0 Å². The minimum atomic E-state index is 0.381. The summed E-state index contributed by atoms with van der Waals surface area (Å²) in [4.78, 5) is 4.30. The van der Waals surface area contributed by atoms with E-state index in [1.54, 1.807) is 22.9 Å². The number of nitrogens with zero attached hydrogens (tertiary/aromatic N) is 4. The summed E-state index contributed by atoms with van der Waals surface area (Å²) in [6, 6.07) is 7.20. The van der Waals surface area contributed by atoms with Gasteiger partial charge in [-0.1, -0.05) is 23.4 Å². The maximum atomic E-state index is 8.64. The molecule has 0 saturated carbocycles. The fourth-order valence-electron chi connectivity index (χ4n) is 1.92. The summed E-state index contributed by atoms with van der Waals surface area (Å²) in [6.07, 6.45) is 3.67. The molecule has 0 aliphatic carbocycles. The van der Waals surface area contributed by atoms with Crippen molar-refractivity contribution in [3.8, 4) is 11.9 Å². The molecular formula is C15H16ClN5OS. The van der Waals surface area contributed by atoms with Crippen molar-refractivity contribution < 1.29 is 4.74 Å². The van der Waals surface area contributed by atoms with Crippen LogP contribution in [-0.4, -0.2) is 21.2 Å². The molecule has 0 amide bonds. The van der Waals surface area contributed by atoms with Crippen molar-refractivity contribution in [1.82, 2.24) is 15.1 Å². The average Bonchev–Trinajstić information content (AvgIpc) is 2.84. The summed E-state index contributed by atoms with van der Waals surface area (Å²) >= 11 is 7.58. The third kappa shape index (κ3) is 4.65. The van der Waals surface area contributed by atoms with E-state index in [1.165, 1.54) is 11.8 Å². The monoisotopic (exact) mass is 349 g/mol. The smallest absolute Gasteiger partial charge is 0.183 e. The Balaban J connectivity index is 2.10. The first-order valence-electron chi connectivity index (χ1n) is 6.73. The van der Waals surface area contributed by atoms with Crippen molar-refractivity contribution in [2.75, 3.05) is 6.26 Å². The highest BCUT2D eigenvalue weighted by Gasteiger charge is 2.07. The van der Waals surface area contributed by atoms with Gasteiger partial charge in [0.25, 0.3) is 0 Å². The van der Waals surface area contributed by atoms with Gasteiger partial charge in [-0.3, -0.25) is 10.00 Å². The molecule has 8 heteroatoms. The number of hydrogen-bond donors (Lipinski definition) is 1. The first-order chi connectivity index (χ1) is 11.0. The molecular weight excluding hydrogens is 334 g/mol. The molecule has 1 aromatic carbocycles. The Morgan fingerprint density at radius 2 is 2.30 bits per heavy atom. The number of thioether (sulfide) groups is 1. The van der Waals surface area contributed by atoms with E-state index in [4.69, 9.17) is 21.6 Å². The second kappa shape index (κ2) is 7.90. The highest BCUT2D eigenvalue weighted by molar-refractivity contribution is 8.13. The van der Waals surface area contributed by atoms with Crippen molar-refractivity contribution in [1.29, 1.82) is 5.26 Å². The van der Waals surface area contributed by atoms with Crippen molar-refractivity contribution in [3.63, 3.8) is 0 Å². The van der Waals surface area contributed by atoms with E-state index in [0.717, 1.165) is 11.4 Å². The molecule has 0 spiro atoms. The zero-order chi connectivity index (χ0) is 16.8. The third-order valence-electron chi connectivity index (χ3n) is 2.98. The number of halogens is 1. The lowest BCUT2D eigenvalue weighted by Crippen LogP contribution is -2.12. The maximum absolute atomic E-state index is 8.64. The molecule has 23 heavy (non-hydrogen) atoms. The van der Waals surface area contributed by atoms with Gasteiger partial charge in [0.1, 0.15) is 12.4 Å². The number of hydrogen-bond acceptors (Lipinski definition) is 5. The van der Waals surface area contributed by atoms with Crippen LogP contribution in [0.2, 0.25) is 5.02 Å². The number of amidine groups is 1. The van der Waals surface area contributed by atoms with Crippen LogP contribution in [0.15, 0.2) is 29.3 Å². The van der Waals surface area contributed by atoms with Crippen molar-refractivity contribution in [2.45, 2.75) is 13.5 Å². The molecule has 2 aromatic rings. The Bertz CT molecular complexity index is 766. The van der Waals surface area contributed by atoms with Gasteiger partial charge in [0.15, 0.2) is 11.4 Å². The molecule has 0 fully saturated rings. The Labute approximate surface area is 144 Å². The van der Waals surface area contributed by atoms with Crippen molar-refractivity contribution >= 4 is 34.2 Å². The largest absolute Gasteiger partial charge is 0.486 e. The SMILES string of the molecule is CSC(=Nc1ccc(OCc2cc(C)nn2C)c(Cl)c1)NC#N. The van der Waals surface area contributed by atoms with Crippen molar-refractivity contribution in [3.05, 3.63) is 40.7 Å². The molecule has 0 atom stereocenters. The standard InChI is InChI=1S/C15H16ClN5OS/c1-10-6-12(21(2)20-10)8-22-14-5-4-11(7-13(14)16)19-15(23-3)18-9-17/h4-7H,8H2,1-3H3,(H,18,19). The number of nitrogens with one attached hydrogen (secondary N) is 1. The molecule has 1 heterocycles. The summed E-state index contributed by atoms with van der Waals surface area (Å²) in [7, 11) is 1.87. The van der Waals surface area contributed by atoms with Crippen molar-refractivity contribution in [2.24, 2.45) is 12.0 Å². The topological polar surface area (TPSA) is 75.2 Å². The number of ether oxygens (including phenoxy) is 1. The normalized spacial score (nSPS) is 11.2. The first kappa shape index (κ1) is 17.2. The van der Waals surface area contributed by atoms with Crippen LogP contribution in [-0.2, 0) is 13.7 Å². The number of aliphatic imine (C=N–C) groups is 1. The number of aryl methyl sites for hydroxylation is 2. The van der Waals surface area contributed by atoms with Crippen LogP contribution in [0.25, 0.3) is 0 Å². The summed E-state index contributed by atoms with van der Waals surface area (Å²) < 4.78 is 7.51. The van der Waals surface area contributed by atoms with E-state index in [1.807, 2.05) is 32.5 Å². The highest BCUT2D eigenvalue weighted by atomic mass is 35.5. The Morgan fingerprint density at radius 1 is 1.52 bits per heavy atom. The van der Waals surface area contributed by atoms with E-state index in [9.17, 15) is 0 Å². The predicted molar refractivity (Wildman–Crippen MR) is 93.1 cm³/mol. The quantitative estimate of drug-likeness (QED) is 0.396. The van der Waals surface area contributed by atoms with Gasteiger partial charge in [-0.05, 0) is 37.4 Å². The zero-order valence-electron chi connectivity index (χ0n) is 13.0. The molecule has 0 aliphatic rings. The second-order valence-electron chi connectivity index (χ2n) is 4.66. The predicted octanol–water partition coefficient (Wildman–Crippen LogP) is 3.38. The second-order valence-corrected chi connectivity index (χ2v) is 5.86. The number of nitriles is 1. The molecule has 0 unspecified atom stereocenters. The van der Waals surface area contributed by atoms with Gasteiger partial charge in [-0.2, -0.15) is 10.4 Å². The summed E-state index contributed by atoms with van der Waals surface area (Å²) in [5.74, 6) is 0.573. The summed E-state index contributed by atoms with van der Waals surface area (Å²) in [5.41, 5.74) is 2.55. The fourth-order valence-corrected chi connectivity index (χ4v) is 2.49. The Kier molecular flexibility index (Phi) is 5.90. The molecule has 0 radical (unpaired) electrons. The molecule has 120 valence electrons. The van der Waals surface area contributed by atoms with E-state index in [-0.39, 0.29) is 0 Å². The lowest BCUT2D eigenvalue weighted by atomic mass is 10.3. The van der Waals surface area contributed by atoms with Crippen LogP contribution >= 0.6 is 23.4 Å². The van der Waals surface area contributed by atoms with Gasteiger partial charge in [0, 0.05) is 7.05 Å². The minimum Gasteiger partial charge on any atom is -0.486 e. The third-order valence-corrected chi connectivity index (χ3v) is 3.85. The molecule has 2 rings (SSSR count). The minimum absolute atomic E-state index is 0.381. The van der Waals surface area contributed by atoms with Gasteiger partial charge < -0.3 is 4.74 Å². The van der Waals surface area contributed by atoms with Crippen LogP contribution in [0.4, 0.5) is 5.69 Å². The van der Waals surface area contributed by atoms with Crippen LogP contribution < -0.4 is 10.1 Å². The molecule has 1 aromatic heterocycles. The maximum Gasteiger partial charge on any atom is 0.183 e. The number of rotatable bonds is 4. The Morgan fingerprint density at radius 3 is 2.87 bits per heavy atom. The van der Waals surface area contributed by atoms with Crippen LogP contribution in [0, 0.1) is 18.4 Å². The first-order valence-corrected chi connectivity index (χ1v) is 8.33. The van der Waals surface area contributed by atoms with E-state index in [2.05, 4.69) is 15.4 Å². The number of benzene rings is 1. The average molecular weight is 350 g/mol. The van der Waals surface area contributed by atoms with Crippen LogP contribution in [0.1, 0.15) is 11.4 Å². The Hall–Kier alpha value is -2.17. The lowest BCUT2D eigenvalue weighted by molar-refractivity contribution is 0.295. The highest BCUT2D eigenvalue weighted by Crippen LogP contribution is 2.30. The van der Waals surface area contributed by atoms with E-state index in [0.29, 0.717) is 28.2 Å². The van der Waals surface area contributed by atoms with Gasteiger partial charge in [0.2, 0.25) is 0 Å². The summed E-state index contributed by atoms with van der Waals surface area (Å²) in [5, 5.41) is 16.4. The van der Waals surface area contributed by atoms with Gasteiger partial charge in [-0.25, -0.2) is 4.99 Å². The van der Waals surface area contributed by atoms with Crippen LogP contribution in [0.3, 0.4) is 0 Å².